The van der Waals surface area contributed by atoms with Crippen LogP contribution in [0.25, 0.3) is 0 Å². The van der Waals surface area contributed by atoms with Gasteiger partial charge in [0.25, 0.3) is 0 Å². The van der Waals surface area contributed by atoms with Crippen molar-refractivity contribution < 1.29 is 9.47 Å². The van der Waals surface area contributed by atoms with Gasteiger partial charge in [-0.2, -0.15) is 4.98 Å². The first-order chi connectivity index (χ1) is 6.72. The highest BCUT2D eigenvalue weighted by Crippen LogP contribution is 2.11. The molecule has 0 radical (unpaired) electrons. The summed E-state index contributed by atoms with van der Waals surface area (Å²) < 4.78 is 10.5. The fourth-order valence-electron chi connectivity index (χ4n) is 0.852. The van der Waals surface area contributed by atoms with Crippen LogP contribution in [-0.2, 0) is 0 Å². The van der Waals surface area contributed by atoms with Gasteiger partial charge in [0, 0.05) is 18.8 Å². The summed E-state index contributed by atoms with van der Waals surface area (Å²) in [6, 6.07) is 1.99. The Labute approximate surface area is 83.3 Å². The lowest BCUT2D eigenvalue weighted by Gasteiger charge is -2.09. The summed E-state index contributed by atoms with van der Waals surface area (Å²) in [5.41, 5.74) is 5.28. The number of rotatable bonds is 5. The number of ether oxygens (including phenoxy) is 2. The second kappa shape index (κ2) is 5.39. The zero-order chi connectivity index (χ0) is 10.4. The molecular weight excluding hydrogens is 182 g/mol. The Bertz CT molecular complexity index is 279. The lowest BCUT2D eigenvalue weighted by atomic mass is 10.5. The van der Waals surface area contributed by atoms with E-state index in [0.717, 1.165) is 0 Å². The number of hydrogen-bond donors (Lipinski definition) is 1. The molecule has 0 unspecified atom stereocenters. The Kier molecular flexibility index (Phi) is 4.12. The van der Waals surface area contributed by atoms with Crippen LogP contribution in [0.2, 0.25) is 0 Å². The third-order valence-corrected chi connectivity index (χ3v) is 1.31. The van der Waals surface area contributed by atoms with Crippen molar-refractivity contribution in [2.24, 2.45) is 5.73 Å². The van der Waals surface area contributed by atoms with Gasteiger partial charge in [-0.05, 0) is 13.8 Å². The molecule has 0 aliphatic carbocycles. The van der Waals surface area contributed by atoms with Gasteiger partial charge in [0.05, 0.1) is 6.10 Å². The Morgan fingerprint density at radius 3 is 2.93 bits per heavy atom. The Balaban J connectivity index is 2.59. The summed E-state index contributed by atoms with van der Waals surface area (Å²) >= 11 is 0. The number of aromatic nitrogens is 2. The molecule has 0 spiro atoms. The molecule has 5 heteroatoms. The highest BCUT2D eigenvalue weighted by Gasteiger charge is 2.02. The predicted octanol–water partition coefficient (Wildman–Crippen LogP) is 0.601. The Morgan fingerprint density at radius 2 is 2.29 bits per heavy atom. The molecule has 0 aromatic carbocycles. The van der Waals surface area contributed by atoms with Gasteiger partial charge in [0.1, 0.15) is 6.61 Å². The zero-order valence-corrected chi connectivity index (χ0v) is 8.43. The van der Waals surface area contributed by atoms with E-state index < -0.39 is 0 Å². The fourth-order valence-corrected chi connectivity index (χ4v) is 0.852. The van der Waals surface area contributed by atoms with Gasteiger partial charge in [-0.1, -0.05) is 0 Å². The Morgan fingerprint density at radius 1 is 1.50 bits per heavy atom. The summed E-state index contributed by atoms with van der Waals surface area (Å²) in [6.07, 6.45) is 1.68. The Hall–Kier alpha value is -1.36. The average Bonchev–Trinajstić information content (AvgIpc) is 2.14. The van der Waals surface area contributed by atoms with Crippen molar-refractivity contribution in [1.82, 2.24) is 9.97 Å². The molecule has 1 aromatic rings. The van der Waals surface area contributed by atoms with Crippen LogP contribution in [0.5, 0.6) is 11.9 Å². The van der Waals surface area contributed by atoms with E-state index in [0.29, 0.717) is 25.0 Å². The minimum Gasteiger partial charge on any atom is -0.475 e. The molecule has 0 saturated heterocycles. The number of hydrogen-bond acceptors (Lipinski definition) is 5. The maximum Gasteiger partial charge on any atom is 0.319 e. The van der Waals surface area contributed by atoms with Gasteiger partial charge in [-0.3, -0.25) is 0 Å². The molecule has 0 amide bonds. The van der Waals surface area contributed by atoms with E-state index in [4.69, 9.17) is 15.2 Å². The van der Waals surface area contributed by atoms with Crippen LogP contribution in [0.1, 0.15) is 13.8 Å². The smallest absolute Gasteiger partial charge is 0.319 e. The second-order valence-corrected chi connectivity index (χ2v) is 2.98. The number of nitrogens with zero attached hydrogens (tertiary/aromatic N) is 2. The molecule has 0 bridgehead atoms. The monoisotopic (exact) mass is 197 g/mol. The van der Waals surface area contributed by atoms with E-state index in [9.17, 15) is 0 Å². The minimum atomic E-state index is 0.0901. The van der Waals surface area contributed by atoms with Crippen molar-refractivity contribution in [2.45, 2.75) is 20.0 Å². The molecule has 2 N–H and O–H groups in total. The molecule has 0 fully saturated rings. The van der Waals surface area contributed by atoms with Gasteiger partial charge < -0.3 is 15.2 Å². The van der Waals surface area contributed by atoms with Crippen molar-refractivity contribution >= 4 is 0 Å². The van der Waals surface area contributed by atoms with Gasteiger partial charge in [-0.15, -0.1) is 0 Å². The van der Waals surface area contributed by atoms with E-state index in [2.05, 4.69) is 9.97 Å². The third-order valence-electron chi connectivity index (χ3n) is 1.31. The van der Waals surface area contributed by atoms with E-state index in [1.54, 1.807) is 12.3 Å². The van der Waals surface area contributed by atoms with Crippen molar-refractivity contribution in [2.75, 3.05) is 13.2 Å². The SMILES string of the molecule is CC(C)Oc1ccnc(OCCN)n1. The van der Waals surface area contributed by atoms with Crippen LogP contribution in [0.3, 0.4) is 0 Å². The highest BCUT2D eigenvalue weighted by molar-refractivity contribution is 5.11. The van der Waals surface area contributed by atoms with E-state index >= 15 is 0 Å². The summed E-state index contributed by atoms with van der Waals surface area (Å²) in [5, 5.41) is 0. The zero-order valence-electron chi connectivity index (χ0n) is 8.43. The molecule has 78 valence electrons. The maximum atomic E-state index is 5.37. The summed E-state index contributed by atoms with van der Waals surface area (Å²) in [5.74, 6) is 0.516. The largest absolute Gasteiger partial charge is 0.475 e. The molecule has 0 atom stereocenters. The number of nitrogens with two attached hydrogens (primary N) is 1. The maximum absolute atomic E-state index is 5.37. The highest BCUT2D eigenvalue weighted by atomic mass is 16.5. The minimum absolute atomic E-state index is 0.0901. The van der Waals surface area contributed by atoms with Gasteiger partial charge in [0.15, 0.2) is 0 Å². The van der Waals surface area contributed by atoms with Gasteiger partial charge in [-0.25, -0.2) is 4.98 Å². The topological polar surface area (TPSA) is 70.3 Å². The van der Waals surface area contributed by atoms with Crippen LogP contribution in [-0.4, -0.2) is 29.2 Å². The lowest BCUT2D eigenvalue weighted by molar-refractivity contribution is 0.224. The van der Waals surface area contributed by atoms with Crippen molar-refractivity contribution in [3.05, 3.63) is 12.3 Å². The van der Waals surface area contributed by atoms with Crippen LogP contribution >= 0.6 is 0 Å². The molecule has 5 nitrogen and oxygen atoms in total. The van der Waals surface area contributed by atoms with E-state index in [-0.39, 0.29) is 6.10 Å². The normalized spacial score (nSPS) is 10.3. The first kappa shape index (κ1) is 10.7. The molecular formula is C9H15N3O2. The van der Waals surface area contributed by atoms with Crippen molar-refractivity contribution in [1.29, 1.82) is 0 Å². The molecule has 0 aliphatic heterocycles. The third kappa shape index (κ3) is 3.57. The standard InChI is InChI=1S/C9H15N3O2/c1-7(2)14-8-3-5-11-9(12-8)13-6-4-10/h3,5,7H,4,6,10H2,1-2H3. The summed E-state index contributed by atoms with van der Waals surface area (Å²) in [4.78, 5) is 7.95. The van der Waals surface area contributed by atoms with Gasteiger partial charge >= 0.3 is 6.01 Å². The van der Waals surface area contributed by atoms with Gasteiger partial charge in [0.2, 0.25) is 5.88 Å². The second-order valence-electron chi connectivity index (χ2n) is 2.98. The molecule has 0 aliphatic rings. The molecule has 1 aromatic heterocycles. The fraction of sp³-hybridized carbons (Fsp3) is 0.556. The molecule has 1 heterocycles. The van der Waals surface area contributed by atoms with Crippen LogP contribution < -0.4 is 15.2 Å². The lowest BCUT2D eigenvalue weighted by Crippen LogP contribution is -2.13. The van der Waals surface area contributed by atoms with Crippen molar-refractivity contribution in [3.63, 3.8) is 0 Å². The molecule has 0 saturated carbocycles. The summed E-state index contributed by atoms with van der Waals surface area (Å²) in [6.45, 7) is 4.72. The van der Waals surface area contributed by atoms with Crippen LogP contribution in [0, 0.1) is 0 Å². The van der Waals surface area contributed by atoms with E-state index in [1.807, 2.05) is 13.8 Å². The molecule has 14 heavy (non-hydrogen) atoms. The first-order valence-electron chi connectivity index (χ1n) is 4.55. The van der Waals surface area contributed by atoms with Crippen LogP contribution in [0.15, 0.2) is 12.3 Å². The summed E-state index contributed by atoms with van der Waals surface area (Å²) in [7, 11) is 0. The average molecular weight is 197 g/mol. The quantitative estimate of drug-likeness (QED) is 0.748. The van der Waals surface area contributed by atoms with Crippen molar-refractivity contribution in [3.8, 4) is 11.9 Å². The predicted molar refractivity (Wildman–Crippen MR) is 52.3 cm³/mol. The first-order valence-corrected chi connectivity index (χ1v) is 4.55. The van der Waals surface area contributed by atoms with Crippen LogP contribution in [0.4, 0.5) is 0 Å². The molecule has 1 rings (SSSR count). The van der Waals surface area contributed by atoms with E-state index in [1.165, 1.54) is 0 Å².